The van der Waals surface area contributed by atoms with Crippen LogP contribution in [-0.4, -0.2) is 24.5 Å². The Morgan fingerprint density at radius 2 is 1.95 bits per heavy atom. The van der Waals surface area contributed by atoms with Crippen molar-refractivity contribution in [1.29, 1.82) is 0 Å². The second-order valence-corrected chi connectivity index (χ2v) is 4.55. The second-order valence-electron chi connectivity index (χ2n) is 4.55. The fourth-order valence-corrected chi connectivity index (χ4v) is 2.01. The van der Waals surface area contributed by atoms with E-state index < -0.39 is 4.92 Å². The third kappa shape index (κ3) is 2.34. The summed E-state index contributed by atoms with van der Waals surface area (Å²) in [5.74, 6) is 0. The number of rotatable bonds is 3. The minimum Gasteiger partial charge on any atom is -0.396 e. The number of hydrogen-bond donors (Lipinski definition) is 1. The molecular formula is C13H12N6O2. The molecule has 2 aromatic heterocycles. The summed E-state index contributed by atoms with van der Waals surface area (Å²) in [5, 5.41) is 19.1. The van der Waals surface area contributed by atoms with Gasteiger partial charge in [0.2, 0.25) is 0 Å². The lowest BCUT2D eigenvalue weighted by Gasteiger charge is -2.00. The molecule has 0 saturated carbocycles. The highest BCUT2D eigenvalue weighted by Crippen LogP contribution is 2.25. The van der Waals surface area contributed by atoms with Gasteiger partial charge in [0.05, 0.1) is 28.7 Å². The summed E-state index contributed by atoms with van der Waals surface area (Å²) in [4.78, 5) is 10.2. The van der Waals surface area contributed by atoms with E-state index in [2.05, 4.69) is 10.2 Å². The smallest absolute Gasteiger partial charge is 0.269 e. The second kappa shape index (κ2) is 4.75. The zero-order valence-corrected chi connectivity index (χ0v) is 11.2. The van der Waals surface area contributed by atoms with E-state index in [9.17, 15) is 10.1 Å². The maximum absolute atomic E-state index is 10.6. The average Bonchev–Trinajstić information content (AvgIpc) is 3.05. The van der Waals surface area contributed by atoms with Gasteiger partial charge in [0, 0.05) is 30.9 Å². The molecule has 0 bridgehead atoms. The fourth-order valence-electron chi connectivity index (χ4n) is 2.01. The van der Waals surface area contributed by atoms with Crippen LogP contribution in [0.25, 0.3) is 16.9 Å². The average molecular weight is 284 g/mol. The summed E-state index contributed by atoms with van der Waals surface area (Å²) < 4.78 is 3.25. The molecule has 0 aliphatic rings. The predicted octanol–water partition coefficient (Wildman–Crippen LogP) is 1.76. The Bertz CT molecular complexity index is 802. The SMILES string of the molecule is Cn1cc(-c2nn(-c3ccc([N+](=O)[O-])cc3)cc2N)cn1. The van der Waals surface area contributed by atoms with E-state index in [4.69, 9.17) is 5.73 Å². The number of nitrogen functional groups attached to an aromatic ring is 1. The topological polar surface area (TPSA) is 105 Å². The van der Waals surface area contributed by atoms with Crippen LogP contribution in [0.5, 0.6) is 0 Å². The Labute approximate surface area is 119 Å². The highest BCUT2D eigenvalue weighted by molar-refractivity contribution is 5.71. The first-order valence-corrected chi connectivity index (χ1v) is 6.13. The van der Waals surface area contributed by atoms with Gasteiger partial charge < -0.3 is 5.73 Å². The Morgan fingerprint density at radius 1 is 1.24 bits per heavy atom. The van der Waals surface area contributed by atoms with Gasteiger partial charge in [-0.3, -0.25) is 14.8 Å². The number of nitro groups is 1. The van der Waals surface area contributed by atoms with E-state index in [1.165, 1.54) is 12.1 Å². The Hall–Kier alpha value is -3.16. The molecule has 1 aromatic carbocycles. The predicted molar refractivity (Wildman–Crippen MR) is 76.8 cm³/mol. The van der Waals surface area contributed by atoms with Crippen LogP contribution in [0.1, 0.15) is 0 Å². The van der Waals surface area contributed by atoms with Crippen molar-refractivity contribution < 1.29 is 4.92 Å². The van der Waals surface area contributed by atoms with Gasteiger partial charge in [-0.05, 0) is 12.1 Å². The van der Waals surface area contributed by atoms with Crippen LogP contribution < -0.4 is 5.73 Å². The van der Waals surface area contributed by atoms with Crippen LogP contribution in [0.3, 0.4) is 0 Å². The number of hydrogen-bond acceptors (Lipinski definition) is 5. The molecule has 3 rings (SSSR count). The van der Waals surface area contributed by atoms with Gasteiger partial charge in [-0.1, -0.05) is 0 Å². The van der Waals surface area contributed by atoms with Crippen LogP contribution in [0, 0.1) is 10.1 Å². The quantitative estimate of drug-likeness (QED) is 0.582. The summed E-state index contributed by atoms with van der Waals surface area (Å²) >= 11 is 0. The number of aryl methyl sites for hydroxylation is 1. The lowest BCUT2D eigenvalue weighted by atomic mass is 10.2. The molecule has 0 radical (unpaired) electrons. The van der Waals surface area contributed by atoms with E-state index in [1.54, 1.807) is 33.9 Å². The van der Waals surface area contributed by atoms with Crippen molar-refractivity contribution in [2.45, 2.75) is 0 Å². The molecule has 0 spiro atoms. The molecule has 2 heterocycles. The van der Waals surface area contributed by atoms with E-state index in [1.807, 2.05) is 13.2 Å². The molecule has 0 amide bonds. The van der Waals surface area contributed by atoms with Crippen molar-refractivity contribution >= 4 is 11.4 Å². The van der Waals surface area contributed by atoms with Gasteiger partial charge >= 0.3 is 0 Å². The Balaban J connectivity index is 1.98. The maximum atomic E-state index is 10.6. The Morgan fingerprint density at radius 3 is 2.52 bits per heavy atom. The first-order valence-electron chi connectivity index (χ1n) is 6.13. The van der Waals surface area contributed by atoms with Gasteiger partial charge in [-0.25, -0.2) is 4.68 Å². The number of nitrogens with two attached hydrogens (primary N) is 1. The zero-order valence-electron chi connectivity index (χ0n) is 11.2. The van der Waals surface area contributed by atoms with Crippen LogP contribution >= 0.6 is 0 Å². The molecule has 3 aromatic rings. The van der Waals surface area contributed by atoms with Crippen LogP contribution in [0.4, 0.5) is 11.4 Å². The van der Waals surface area contributed by atoms with E-state index in [0.29, 0.717) is 17.1 Å². The lowest BCUT2D eigenvalue weighted by Crippen LogP contribution is -1.95. The number of non-ortho nitro benzene ring substituents is 1. The van der Waals surface area contributed by atoms with Crippen LogP contribution in [0.15, 0.2) is 42.9 Å². The lowest BCUT2D eigenvalue weighted by molar-refractivity contribution is -0.384. The molecule has 21 heavy (non-hydrogen) atoms. The van der Waals surface area contributed by atoms with Gasteiger partial charge in [-0.2, -0.15) is 10.2 Å². The van der Waals surface area contributed by atoms with Crippen molar-refractivity contribution in [3.05, 3.63) is 53.0 Å². The molecule has 2 N–H and O–H groups in total. The highest BCUT2D eigenvalue weighted by atomic mass is 16.6. The molecule has 8 heteroatoms. The monoisotopic (exact) mass is 284 g/mol. The number of aromatic nitrogens is 4. The number of nitro benzene ring substituents is 1. The first-order chi connectivity index (χ1) is 10.0. The van der Waals surface area contributed by atoms with Gasteiger partial charge in [0.1, 0.15) is 5.69 Å². The minimum atomic E-state index is -0.442. The molecule has 0 unspecified atom stereocenters. The number of benzene rings is 1. The standard InChI is InChI=1S/C13H12N6O2/c1-17-7-9(6-15-17)13-12(14)8-18(16-13)10-2-4-11(5-3-10)19(20)21/h2-8H,14H2,1H3. The summed E-state index contributed by atoms with van der Waals surface area (Å²) in [6, 6.07) is 6.10. The third-order valence-electron chi connectivity index (χ3n) is 3.05. The zero-order chi connectivity index (χ0) is 15.0. The first kappa shape index (κ1) is 12.9. The molecule has 0 aliphatic heterocycles. The minimum absolute atomic E-state index is 0.0337. The molecule has 0 fully saturated rings. The van der Waals surface area contributed by atoms with Crippen molar-refractivity contribution in [1.82, 2.24) is 19.6 Å². The summed E-state index contributed by atoms with van der Waals surface area (Å²) in [6.07, 6.45) is 5.17. The molecule has 0 saturated heterocycles. The van der Waals surface area contributed by atoms with E-state index in [0.717, 1.165) is 5.56 Å². The van der Waals surface area contributed by atoms with Crippen molar-refractivity contribution in [2.24, 2.45) is 7.05 Å². The molecule has 8 nitrogen and oxygen atoms in total. The van der Waals surface area contributed by atoms with Crippen molar-refractivity contribution in [3.8, 4) is 16.9 Å². The van der Waals surface area contributed by atoms with Gasteiger partial charge in [-0.15, -0.1) is 0 Å². The normalized spacial score (nSPS) is 10.7. The number of nitrogens with zero attached hydrogens (tertiary/aromatic N) is 5. The largest absolute Gasteiger partial charge is 0.396 e. The van der Waals surface area contributed by atoms with Crippen molar-refractivity contribution in [2.75, 3.05) is 5.73 Å². The number of anilines is 1. The van der Waals surface area contributed by atoms with Crippen molar-refractivity contribution in [3.63, 3.8) is 0 Å². The Kier molecular flexibility index (Phi) is 2.90. The fraction of sp³-hybridized carbons (Fsp3) is 0.0769. The summed E-state index contributed by atoms with van der Waals surface area (Å²) in [6.45, 7) is 0. The molecule has 0 atom stereocenters. The molecule has 106 valence electrons. The third-order valence-corrected chi connectivity index (χ3v) is 3.05. The molecule has 0 aliphatic carbocycles. The van der Waals surface area contributed by atoms with Crippen LogP contribution in [-0.2, 0) is 7.05 Å². The maximum Gasteiger partial charge on any atom is 0.269 e. The van der Waals surface area contributed by atoms with Crippen LogP contribution in [0.2, 0.25) is 0 Å². The van der Waals surface area contributed by atoms with Gasteiger partial charge in [0.25, 0.3) is 5.69 Å². The summed E-state index contributed by atoms with van der Waals surface area (Å²) in [7, 11) is 1.81. The van der Waals surface area contributed by atoms with E-state index >= 15 is 0 Å². The highest BCUT2D eigenvalue weighted by Gasteiger charge is 2.12. The summed E-state index contributed by atoms with van der Waals surface area (Å²) in [5.41, 5.74) is 8.66. The van der Waals surface area contributed by atoms with Gasteiger partial charge in [0.15, 0.2) is 0 Å². The molecular weight excluding hydrogens is 272 g/mol. The van der Waals surface area contributed by atoms with E-state index in [-0.39, 0.29) is 5.69 Å².